The summed E-state index contributed by atoms with van der Waals surface area (Å²) in [6, 6.07) is 0. The molecule has 2 rings (SSSR count). The summed E-state index contributed by atoms with van der Waals surface area (Å²) in [4.78, 5) is 16.2. The van der Waals surface area contributed by atoms with Crippen LogP contribution in [-0.4, -0.2) is 27.7 Å². The van der Waals surface area contributed by atoms with Gasteiger partial charge in [0.2, 0.25) is 0 Å². The van der Waals surface area contributed by atoms with Crippen molar-refractivity contribution in [2.24, 2.45) is 5.73 Å². The Bertz CT molecular complexity index is 437. The van der Waals surface area contributed by atoms with E-state index in [1.54, 1.807) is 20.2 Å². The van der Waals surface area contributed by atoms with Gasteiger partial charge in [-0.25, -0.2) is 9.78 Å². The number of imidazole rings is 1. The molecule has 0 amide bonds. The van der Waals surface area contributed by atoms with Gasteiger partial charge in [0.05, 0.1) is 25.2 Å². The van der Waals surface area contributed by atoms with E-state index in [4.69, 9.17) is 10.5 Å². The van der Waals surface area contributed by atoms with Crippen molar-refractivity contribution in [1.82, 2.24) is 9.55 Å². The third kappa shape index (κ3) is 2.56. The van der Waals surface area contributed by atoms with Gasteiger partial charge in [0.25, 0.3) is 0 Å². The van der Waals surface area contributed by atoms with Gasteiger partial charge in [-0.1, -0.05) is 0 Å². The fraction of sp³-hybridized carbons (Fsp3) is 0.692. The lowest BCUT2D eigenvalue weighted by Gasteiger charge is -2.24. The molecule has 1 heterocycles. The molecule has 1 aromatic rings. The Labute approximate surface area is 107 Å². The first-order valence-corrected chi connectivity index (χ1v) is 6.53. The largest absolute Gasteiger partial charge is 0.465 e. The Morgan fingerprint density at radius 2 is 2.28 bits per heavy atom. The number of hydrogen-bond donors (Lipinski definition) is 1. The number of carbonyl (C=O) groups excluding carboxylic acids is 1. The molecular formula is C13H21N3O2. The molecule has 18 heavy (non-hydrogen) atoms. The number of aryl methyl sites for hydroxylation is 1. The lowest BCUT2D eigenvalue weighted by molar-refractivity contribution is -0.149. The number of aromatic nitrogens is 2. The number of hydrogen-bond acceptors (Lipinski definition) is 4. The minimum absolute atomic E-state index is 0.355. The minimum atomic E-state index is -0.998. The molecule has 0 saturated carbocycles. The van der Waals surface area contributed by atoms with Crippen molar-refractivity contribution < 1.29 is 9.53 Å². The fourth-order valence-electron chi connectivity index (χ4n) is 2.38. The van der Waals surface area contributed by atoms with Gasteiger partial charge in [-0.05, 0) is 39.5 Å². The molecule has 1 atom stereocenters. The predicted octanol–water partition coefficient (Wildman–Crippen LogP) is 1.04. The van der Waals surface area contributed by atoms with Gasteiger partial charge < -0.3 is 15.0 Å². The molecular weight excluding hydrogens is 230 g/mol. The summed E-state index contributed by atoms with van der Waals surface area (Å²) in [6.45, 7) is 4.27. The molecule has 0 bridgehead atoms. The zero-order valence-electron chi connectivity index (χ0n) is 11.1. The van der Waals surface area contributed by atoms with E-state index in [0.717, 1.165) is 18.5 Å². The van der Waals surface area contributed by atoms with Crippen LogP contribution in [0.25, 0.3) is 0 Å². The monoisotopic (exact) mass is 251 g/mol. The molecule has 0 aromatic carbocycles. The van der Waals surface area contributed by atoms with Gasteiger partial charge in [0, 0.05) is 5.69 Å². The number of rotatable bonds is 4. The Kier molecular flexibility index (Phi) is 3.71. The van der Waals surface area contributed by atoms with Crippen LogP contribution in [0.4, 0.5) is 0 Å². The highest BCUT2D eigenvalue weighted by Crippen LogP contribution is 2.21. The van der Waals surface area contributed by atoms with Crippen LogP contribution in [0.2, 0.25) is 0 Å². The maximum Gasteiger partial charge on any atom is 0.327 e. The van der Waals surface area contributed by atoms with Gasteiger partial charge in [0.1, 0.15) is 5.54 Å². The van der Waals surface area contributed by atoms with Crippen LogP contribution in [0.3, 0.4) is 0 Å². The molecule has 0 spiro atoms. The molecule has 1 aromatic heterocycles. The lowest BCUT2D eigenvalue weighted by atomic mass is 9.99. The quantitative estimate of drug-likeness (QED) is 0.812. The molecule has 1 unspecified atom stereocenters. The van der Waals surface area contributed by atoms with E-state index in [-0.39, 0.29) is 5.97 Å². The van der Waals surface area contributed by atoms with Crippen molar-refractivity contribution in [3.63, 3.8) is 0 Å². The molecule has 0 aliphatic heterocycles. The van der Waals surface area contributed by atoms with Gasteiger partial charge in [-0.3, -0.25) is 0 Å². The highest BCUT2D eigenvalue weighted by atomic mass is 16.5. The third-order valence-corrected chi connectivity index (χ3v) is 3.35. The maximum absolute atomic E-state index is 11.8. The van der Waals surface area contributed by atoms with Gasteiger partial charge in [-0.15, -0.1) is 0 Å². The Balaban J connectivity index is 2.13. The molecule has 0 fully saturated rings. The van der Waals surface area contributed by atoms with Gasteiger partial charge >= 0.3 is 5.97 Å². The van der Waals surface area contributed by atoms with Crippen LogP contribution in [0.1, 0.15) is 38.1 Å². The predicted molar refractivity (Wildman–Crippen MR) is 68.1 cm³/mol. The molecule has 1 aliphatic rings. The van der Waals surface area contributed by atoms with Crippen molar-refractivity contribution in [3.05, 3.63) is 17.7 Å². The van der Waals surface area contributed by atoms with Crippen LogP contribution in [0.15, 0.2) is 6.33 Å². The van der Waals surface area contributed by atoms with Crippen molar-refractivity contribution >= 4 is 5.97 Å². The number of fused-ring (bicyclic) bond motifs is 1. The molecule has 1 aliphatic carbocycles. The first-order valence-electron chi connectivity index (χ1n) is 6.53. The first kappa shape index (κ1) is 13.1. The molecule has 5 nitrogen and oxygen atoms in total. The van der Waals surface area contributed by atoms with Crippen molar-refractivity contribution in [3.8, 4) is 0 Å². The van der Waals surface area contributed by atoms with Crippen LogP contribution in [-0.2, 0) is 28.9 Å². The van der Waals surface area contributed by atoms with E-state index in [2.05, 4.69) is 4.98 Å². The summed E-state index contributed by atoms with van der Waals surface area (Å²) < 4.78 is 7.01. The van der Waals surface area contributed by atoms with E-state index in [1.807, 2.05) is 4.57 Å². The molecule has 0 radical (unpaired) electrons. The summed E-state index contributed by atoms with van der Waals surface area (Å²) in [5.41, 5.74) is 7.43. The molecule has 2 N–H and O–H groups in total. The van der Waals surface area contributed by atoms with E-state index >= 15 is 0 Å². The number of carbonyl (C=O) groups is 1. The highest BCUT2D eigenvalue weighted by Gasteiger charge is 2.31. The Morgan fingerprint density at radius 1 is 1.56 bits per heavy atom. The maximum atomic E-state index is 11.8. The second kappa shape index (κ2) is 5.10. The fourth-order valence-corrected chi connectivity index (χ4v) is 2.38. The summed E-state index contributed by atoms with van der Waals surface area (Å²) in [5, 5.41) is 0. The average molecular weight is 251 g/mol. The van der Waals surface area contributed by atoms with Crippen LogP contribution >= 0.6 is 0 Å². The number of ether oxygens (including phenoxy) is 1. The SMILES string of the molecule is CCOC(=O)C(C)(N)Cn1cnc2c1CCCC2. The van der Waals surface area contributed by atoms with E-state index in [9.17, 15) is 4.79 Å². The van der Waals surface area contributed by atoms with E-state index in [0.29, 0.717) is 13.2 Å². The minimum Gasteiger partial charge on any atom is -0.465 e. The summed E-state index contributed by atoms with van der Waals surface area (Å²) in [6.07, 6.45) is 6.22. The second-order valence-corrected chi connectivity index (χ2v) is 5.11. The second-order valence-electron chi connectivity index (χ2n) is 5.11. The third-order valence-electron chi connectivity index (χ3n) is 3.35. The topological polar surface area (TPSA) is 70.1 Å². The van der Waals surface area contributed by atoms with Crippen LogP contribution in [0.5, 0.6) is 0 Å². The van der Waals surface area contributed by atoms with Gasteiger partial charge in [0.15, 0.2) is 0 Å². The van der Waals surface area contributed by atoms with E-state index in [1.165, 1.54) is 18.5 Å². The Hall–Kier alpha value is -1.36. The number of nitrogens with two attached hydrogens (primary N) is 1. The van der Waals surface area contributed by atoms with Crippen LogP contribution < -0.4 is 5.73 Å². The number of esters is 1. The average Bonchev–Trinajstić information content (AvgIpc) is 2.73. The van der Waals surface area contributed by atoms with E-state index < -0.39 is 5.54 Å². The lowest BCUT2D eigenvalue weighted by Crippen LogP contribution is -2.49. The van der Waals surface area contributed by atoms with Crippen molar-refractivity contribution in [2.75, 3.05) is 6.61 Å². The molecule has 5 heteroatoms. The van der Waals surface area contributed by atoms with Crippen molar-refractivity contribution in [1.29, 1.82) is 0 Å². The smallest absolute Gasteiger partial charge is 0.327 e. The normalized spacial score (nSPS) is 17.9. The zero-order valence-corrected chi connectivity index (χ0v) is 11.1. The summed E-state index contributed by atoms with van der Waals surface area (Å²) >= 11 is 0. The summed E-state index contributed by atoms with van der Waals surface area (Å²) in [5.74, 6) is -0.358. The first-order chi connectivity index (χ1) is 8.54. The highest BCUT2D eigenvalue weighted by molar-refractivity contribution is 5.79. The Morgan fingerprint density at radius 3 is 3.00 bits per heavy atom. The zero-order chi connectivity index (χ0) is 13.2. The molecule has 0 saturated heterocycles. The standard InChI is InChI=1S/C13H21N3O2/c1-3-18-12(17)13(2,14)8-16-9-15-10-6-4-5-7-11(10)16/h9H,3-8,14H2,1-2H3. The van der Waals surface area contributed by atoms with Gasteiger partial charge in [-0.2, -0.15) is 0 Å². The molecule has 100 valence electrons. The number of nitrogens with zero attached hydrogens (tertiary/aromatic N) is 2. The van der Waals surface area contributed by atoms with Crippen molar-refractivity contribution in [2.45, 2.75) is 51.6 Å². The summed E-state index contributed by atoms with van der Waals surface area (Å²) in [7, 11) is 0. The van der Waals surface area contributed by atoms with Crippen LogP contribution in [0, 0.1) is 0 Å².